The van der Waals surface area contributed by atoms with Gasteiger partial charge in [-0.15, -0.1) is 18.5 Å². The van der Waals surface area contributed by atoms with Gasteiger partial charge in [0.15, 0.2) is 0 Å². The Kier molecular flexibility index (Phi) is 4.53. The van der Waals surface area contributed by atoms with E-state index in [-0.39, 0.29) is 29.6 Å². The minimum Gasteiger partial charge on any atom is -0.265 e. The topological polar surface area (TPSA) is 0 Å². The average Bonchev–Trinajstić information content (AvgIpc) is 1.69. The third kappa shape index (κ3) is 2.66. The summed E-state index contributed by atoms with van der Waals surface area (Å²) in [4.78, 5) is 0. The zero-order chi connectivity index (χ0) is 5.11. The molecule has 0 aliphatic heterocycles. The molecule has 0 atom stereocenters. The van der Waals surface area contributed by atoms with Gasteiger partial charge in [-0.2, -0.15) is 0 Å². The number of rotatable bonds is 0. The molecular weight excluding hydrogens is 106 g/mol. The van der Waals surface area contributed by atoms with Crippen molar-refractivity contribution in [3.05, 3.63) is 30.1 Å². The molecule has 0 nitrogen and oxygen atoms in total. The molecule has 0 aliphatic rings. The van der Waals surface area contributed by atoms with E-state index in [0.717, 1.165) is 0 Å². The van der Waals surface area contributed by atoms with Crippen molar-refractivity contribution in [1.29, 1.82) is 0 Å². The molecule has 0 aliphatic carbocycles. The quantitative estimate of drug-likeness (QED) is 0.351. The van der Waals surface area contributed by atoms with Gasteiger partial charge in [0, 0.05) is 0 Å². The maximum absolute atomic E-state index is 2.17. The van der Waals surface area contributed by atoms with Crippen LogP contribution in [0.5, 0.6) is 0 Å². The molecule has 36 valence electrons. The molecule has 0 saturated heterocycles. The second-order valence-corrected chi connectivity index (χ2v) is 1.82. The number of aryl methyl sites for hydroxylation is 1. The Balaban J connectivity index is 0.000000490. The molecule has 1 heterocycles. The molecule has 0 saturated carbocycles. The molecule has 1 rings (SSSR count). The fraction of sp³-hybridized carbons (Fsp3) is 0.167. The second-order valence-electron chi connectivity index (χ2n) is 1.82. The van der Waals surface area contributed by atoms with Crippen LogP contribution in [0.3, 0.4) is 0 Å². The van der Waals surface area contributed by atoms with E-state index in [0.29, 0.717) is 6.34 Å². The van der Waals surface area contributed by atoms with Crippen molar-refractivity contribution < 1.29 is 29.6 Å². The molecule has 0 radical (unpaired) electrons. The third-order valence-electron chi connectivity index (χ3n) is 1.05. The van der Waals surface area contributed by atoms with Gasteiger partial charge in [0.25, 0.3) is 0 Å². The molecule has 2 heteroatoms. The van der Waals surface area contributed by atoms with Crippen LogP contribution in [0.2, 0.25) is 0 Å². The van der Waals surface area contributed by atoms with Crippen LogP contribution in [0, 0.1) is 0 Å². The smallest absolute Gasteiger partial charge is 0.265 e. The van der Waals surface area contributed by atoms with Gasteiger partial charge in [-0.1, -0.05) is 6.07 Å². The maximum Gasteiger partial charge on any atom is 1.00 e. The van der Waals surface area contributed by atoms with Gasteiger partial charge >= 0.3 is 29.6 Å². The normalized spacial score (nSPS) is 7.62. The van der Waals surface area contributed by atoms with Gasteiger partial charge in [-0.05, 0) is 0 Å². The summed E-state index contributed by atoms with van der Waals surface area (Å²) in [5.41, 5.74) is 0. The molecule has 0 amide bonds. The van der Waals surface area contributed by atoms with Crippen molar-refractivity contribution >= 4 is 6.34 Å². The SMILES string of the molecule is C[b-]1ccccc1.[Na+]. The molecule has 1 aromatic heterocycles. The molecule has 0 spiro atoms. The predicted octanol–water partition coefficient (Wildman–Crippen LogP) is -1.75. The van der Waals surface area contributed by atoms with E-state index < -0.39 is 0 Å². The van der Waals surface area contributed by atoms with Crippen LogP contribution in [0.4, 0.5) is 0 Å². The van der Waals surface area contributed by atoms with Crippen LogP contribution in [-0.2, 0) is 6.82 Å². The Morgan fingerprint density at radius 1 is 1.00 bits per heavy atom. The maximum atomic E-state index is 2.17. The summed E-state index contributed by atoms with van der Waals surface area (Å²) in [6.07, 6.45) is 0.644. The Hall–Kier alpha value is 0.415. The van der Waals surface area contributed by atoms with E-state index in [1.807, 2.05) is 6.07 Å². The molecular formula is C6H8BNa. The second kappa shape index (κ2) is 4.31. The summed E-state index contributed by atoms with van der Waals surface area (Å²) in [6.45, 7) is 2.17. The Morgan fingerprint density at radius 3 is 1.75 bits per heavy atom. The first-order valence-corrected chi connectivity index (χ1v) is 2.58. The predicted molar refractivity (Wildman–Crippen MR) is 33.4 cm³/mol. The summed E-state index contributed by atoms with van der Waals surface area (Å²) in [6, 6.07) is 6.19. The van der Waals surface area contributed by atoms with Gasteiger partial charge in [-0.3, -0.25) is 11.9 Å². The fourth-order valence-corrected chi connectivity index (χ4v) is 0.607. The Labute approximate surface area is 72.6 Å². The monoisotopic (exact) mass is 114 g/mol. The van der Waals surface area contributed by atoms with Crippen LogP contribution >= 0.6 is 0 Å². The average molecular weight is 114 g/mol. The first-order valence-electron chi connectivity index (χ1n) is 2.58. The van der Waals surface area contributed by atoms with Gasteiger partial charge in [-0.25, -0.2) is 6.82 Å². The minimum atomic E-state index is 0. The van der Waals surface area contributed by atoms with Crippen molar-refractivity contribution in [3.8, 4) is 0 Å². The largest absolute Gasteiger partial charge is 1.00 e. The third-order valence-corrected chi connectivity index (χ3v) is 1.05. The number of hydrogen-bond donors (Lipinski definition) is 0. The van der Waals surface area contributed by atoms with Crippen LogP contribution in [0.15, 0.2) is 30.1 Å². The summed E-state index contributed by atoms with van der Waals surface area (Å²) in [7, 11) is 0. The molecule has 0 bridgehead atoms. The molecule has 0 unspecified atom stereocenters. The first kappa shape index (κ1) is 8.41. The van der Waals surface area contributed by atoms with Crippen LogP contribution in [0.1, 0.15) is 0 Å². The van der Waals surface area contributed by atoms with Crippen molar-refractivity contribution in [2.45, 2.75) is 0 Å². The van der Waals surface area contributed by atoms with Crippen molar-refractivity contribution in [3.63, 3.8) is 0 Å². The van der Waals surface area contributed by atoms with Crippen LogP contribution < -0.4 is 29.6 Å². The first-order chi connectivity index (χ1) is 3.39. The molecule has 0 aromatic carbocycles. The van der Waals surface area contributed by atoms with Crippen LogP contribution in [0.25, 0.3) is 0 Å². The van der Waals surface area contributed by atoms with E-state index in [4.69, 9.17) is 0 Å². The van der Waals surface area contributed by atoms with Crippen LogP contribution in [-0.4, -0.2) is 6.34 Å². The zero-order valence-electron chi connectivity index (χ0n) is 5.46. The van der Waals surface area contributed by atoms with Crippen molar-refractivity contribution in [1.82, 2.24) is 0 Å². The summed E-state index contributed by atoms with van der Waals surface area (Å²) < 4.78 is 0. The van der Waals surface area contributed by atoms with E-state index in [1.165, 1.54) is 0 Å². The summed E-state index contributed by atoms with van der Waals surface area (Å²) >= 11 is 0. The molecule has 1 aromatic rings. The van der Waals surface area contributed by atoms with Gasteiger partial charge < -0.3 is 0 Å². The van der Waals surface area contributed by atoms with E-state index >= 15 is 0 Å². The van der Waals surface area contributed by atoms with Gasteiger partial charge in [0.1, 0.15) is 0 Å². The minimum absolute atomic E-state index is 0. The number of hydrogen-bond acceptors (Lipinski definition) is 0. The van der Waals surface area contributed by atoms with Gasteiger partial charge in [0.05, 0.1) is 0 Å². The Morgan fingerprint density at radius 2 is 1.50 bits per heavy atom. The van der Waals surface area contributed by atoms with E-state index in [2.05, 4.69) is 30.9 Å². The summed E-state index contributed by atoms with van der Waals surface area (Å²) in [5.74, 6) is 4.33. The van der Waals surface area contributed by atoms with Gasteiger partial charge in [0.2, 0.25) is 0 Å². The summed E-state index contributed by atoms with van der Waals surface area (Å²) in [5, 5.41) is 0. The zero-order valence-corrected chi connectivity index (χ0v) is 7.46. The van der Waals surface area contributed by atoms with Crippen molar-refractivity contribution in [2.75, 3.05) is 0 Å². The fourth-order valence-electron chi connectivity index (χ4n) is 0.607. The Bertz CT molecular complexity index is 138. The van der Waals surface area contributed by atoms with E-state index in [1.54, 1.807) is 0 Å². The van der Waals surface area contributed by atoms with Crippen molar-refractivity contribution in [2.24, 2.45) is 6.82 Å². The molecule has 8 heavy (non-hydrogen) atoms. The molecule has 0 N–H and O–H groups in total. The van der Waals surface area contributed by atoms with E-state index in [9.17, 15) is 0 Å². The molecule has 0 fully saturated rings. The standard InChI is InChI=1S/C6H8B.Na/c1-7-5-3-2-4-6-7;/h2-6H,1H3;/q-1;+1.